The molecule has 1 amide bonds. The van der Waals surface area contributed by atoms with Crippen LogP contribution in [0.15, 0.2) is 0 Å². The van der Waals surface area contributed by atoms with Crippen LogP contribution in [0.25, 0.3) is 0 Å². The van der Waals surface area contributed by atoms with Gasteiger partial charge >= 0.3 is 0 Å². The molecular weight excluding hydrogens is 128 g/mol. The number of nitrogens with zero attached hydrogens (tertiary/aromatic N) is 1. The Morgan fingerprint density at radius 3 is 2.60 bits per heavy atom. The Morgan fingerprint density at radius 2 is 2.30 bits per heavy atom. The molecule has 0 aromatic carbocycles. The topological polar surface area (TPSA) is 32.1 Å². The highest BCUT2D eigenvalue weighted by Crippen LogP contribution is 2.18. The fourth-order valence-corrected chi connectivity index (χ4v) is 0.957. The van der Waals surface area contributed by atoms with Gasteiger partial charge in [-0.2, -0.15) is 0 Å². The number of carbonyl (C=O) groups excluding carboxylic acids is 1. The lowest BCUT2D eigenvalue weighted by atomic mass is 10.3. The van der Waals surface area contributed by atoms with Crippen molar-refractivity contribution in [3.8, 4) is 0 Å². The van der Waals surface area contributed by atoms with Gasteiger partial charge in [-0.25, -0.2) is 0 Å². The molecule has 0 aromatic heterocycles. The zero-order valence-corrected chi connectivity index (χ0v) is 6.72. The standard InChI is InChI=1S/C7H14N2O/c1-5(8-3)4-9-6(2)7(9)10/h5-6,8H,4H2,1-3H3. The summed E-state index contributed by atoms with van der Waals surface area (Å²) in [6.45, 7) is 4.85. The van der Waals surface area contributed by atoms with Crippen LogP contribution in [0.2, 0.25) is 0 Å². The van der Waals surface area contributed by atoms with Crippen LogP contribution in [0.3, 0.4) is 0 Å². The second-order valence-corrected chi connectivity index (χ2v) is 2.86. The molecule has 3 nitrogen and oxygen atoms in total. The highest BCUT2D eigenvalue weighted by molar-refractivity contribution is 5.96. The third-order valence-corrected chi connectivity index (χ3v) is 2.00. The summed E-state index contributed by atoms with van der Waals surface area (Å²) in [4.78, 5) is 12.6. The number of nitrogens with one attached hydrogen (secondary N) is 1. The number of hydrogen-bond donors (Lipinski definition) is 1. The molecule has 58 valence electrons. The molecule has 1 fully saturated rings. The predicted octanol–water partition coefficient (Wildman–Crippen LogP) is -0.175. The van der Waals surface area contributed by atoms with Crippen molar-refractivity contribution in [2.75, 3.05) is 13.6 Å². The first-order chi connectivity index (χ1) is 4.66. The Bertz CT molecular complexity index is 147. The molecule has 0 radical (unpaired) electrons. The molecule has 1 N–H and O–H groups in total. The highest BCUT2D eigenvalue weighted by Gasteiger charge is 2.41. The third-order valence-electron chi connectivity index (χ3n) is 2.00. The minimum absolute atomic E-state index is 0.177. The summed E-state index contributed by atoms with van der Waals surface area (Å²) >= 11 is 0. The Balaban J connectivity index is 2.22. The largest absolute Gasteiger partial charge is 0.328 e. The van der Waals surface area contributed by atoms with E-state index < -0.39 is 0 Å². The first-order valence-electron chi connectivity index (χ1n) is 3.64. The minimum atomic E-state index is 0.177. The molecule has 0 aliphatic carbocycles. The first kappa shape index (κ1) is 7.54. The summed E-state index contributed by atoms with van der Waals surface area (Å²) in [7, 11) is 1.91. The van der Waals surface area contributed by atoms with Gasteiger partial charge in [-0.1, -0.05) is 0 Å². The third kappa shape index (κ3) is 1.29. The normalized spacial score (nSPS) is 26.9. The van der Waals surface area contributed by atoms with E-state index in [4.69, 9.17) is 0 Å². The van der Waals surface area contributed by atoms with E-state index in [9.17, 15) is 4.79 Å². The summed E-state index contributed by atoms with van der Waals surface area (Å²) in [6, 6.07) is 0.588. The summed E-state index contributed by atoms with van der Waals surface area (Å²) < 4.78 is 0. The van der Waals surface area contributed by atoms with Crippen molar-refractivity contribution in [2.24, 2.45) is 0 Å². The molecule has 0 spiro atoms. The minimum Gasteiger partial charge on any atom is -0.328 e. The lowest BCUT2D eigenvalue weighted by Crippen LogP contribution is -2.29. The quantitative estimate of drug-likeness (QED) is 0.555. The molecular formula is C7H14N2O. The van der Waals surface area contributed by atoms with Gasteiger partial charge < -0.3 is 10.2 Å². The average molecular weight is 142 g/mol. The maximum atomic E-state index is 10.8. The van der Waals surface area contributed by atoms with Crippen LogP contribution < -0.4 is 5.32 Å². The first-order valence-corrected chi connectivity index (χ1v) is 3.64. The second-order valence-electron chi connectivity index (χ2n) is 2.86. The molecule has 2 unspecified atom stereocenters. The SMILES string of the molecule is CNC(C)CN1C(=O)C1C. The van der Waals surface area contributed by atoms with Crippen LogP contribution in [0, 0.1) is 0 Å². The molecule has 1 heterocycles. The Labute approximate surface area is 61.4 Å². The van der Waals surface area contributed by atoms with Gasteiger partial charge in [0.25, 0.3) is 0 Å². The van der Waals surface area contributed by atoms with Gasteiger partial charge in [0.05, 0.1) is 0 Å². The highest BCUT2D eigenvalue weighted by atomic mass is 16.2. The van der Waals surface area contributed by atoms with Crippen molar-refractivity contribution in [1.29, 1.82) is 0 Å². The van der Waals surface area contributed by atoms with Crippen LogP contribution in [-0.4, -0.2) is 36.5 Å². The number of hydrogen-bond acceptors (Lipinski definition) is 2. The lowest BCUT2D eigenvalue weighted by molar-refractivity contribution is -0.113. The monoisotopic (exact) mass is 142 g/mol. The van der Waals surface area contributed by atoms with E-state index in [1.54, 1.807) is 0 Å². The lowest BCUT2D eigenvalue weighted by Gasteiger charge is -2.09. The number of amides is 1. The zero-order valence-electron chi connectivity index (χ0n) is 6.72. The van der Waals surface area contributed by atoms with Crippen molar-refractivity contribution < 1.29 is 4.79 Å². The van der Waals surface area contributed by atoms with Gasteiger partial charge in [0.15, 0.2) is 0 Å². The van der Waals surface area contributed by atoms with Crippen LogP contribution in [-0.2, 0) is 4.79 Å². The molecule has 1 aliphatic heterocycles. The molecule has 0 saturated carbocycles. The number of likely N-dealkylation sites (N-methyl/N-ethyl adjacent to an activating group) is 1. The average Bonchev–Trinajstić information content (AvgIpc) is 2.45. The van der Waals surface area contributed by atoms with E-state index in [0.717, 1.165) is 6.54 Å². The van der Waals surface area contributed by atoms with Crippen LogP contribution in [0.4, 0.5) is 0 Å². The molecule has 10 heavy (non-hydrogen) atoms. The van der Waals surface area contributed by atoms with E-state index >= 15 is 0 Å². The van der Waals surface area contributed by atoms with E-state index in [-0.39, 0.29) is 11.9 Å². The van der Waals surface area contributed by atoms with E-state index in [2.05, 4.69) is 12.2 Å². The molecule has 1 rings (SSSR count). The number of rotatable bonds is 3. The summed E-state index contributed by atoms with van der Waals surface area (Å²) in [6.07, 6.45) is 0. The fourth-order valence-electron chi connectivity index (χ4n) is 0.957. The van der Waals surface area contributed by atoms with Gasteiger partial charge in [-0.3, -0.25) is 4.79 Å². The van der Waals surface area contributed by atoms with Gasteiger partial charge in [0.1, 0.15) is 6.04 Å². The van der Waals surface area contributed by atoms with Gasteiger partial charge in [-0.05, 0) is 20.9 Å². The molecule has 1 saturated heterocycles. The molecule has 3 heteroatoms. The van der Waals surface area contributed by atoms with E-state index in [1.165, 1.54) is 0 Å². The van der Waals surface area contributed by atoms with Crippen molar-refractivity contribution in [1.82, 2.24) is 10.2 Å². The molecule has 0 aromatic rings. The molecule has 0 bridgehead atoms. The zero-order chi connectivity index (χ0) is 7.72. The van der Waals surface area contributed by atoms with Crippen LogP contribution >= 0.6 is 0 Å². The molecule has 2 atom stereocenters. The van der Waals surface area contributed by atoms with Crippen molar-refractivity contribution >= 4 is 5.91 Å². The Morgan fingerprint density at radius 1 is 1.80 bits per heavy atom. The van der Waals surface area contributed by atoms with Crippen molar-refractivity contribution in [2.45, 2.75) is 25.9 Å². The van der Waals surface area contributed by atoms with E-state index in [0.29, 0.717) is 6.04 Å². The van der Waals surface area contributed by atoms with Crippen LogP contribution in [0.5, 0.6) is 0 Å². The molecule has 1 aliphatic rings. The number of carbonyl (C=O) groups is 1. The maximum Gasteiger partial charge on any atom is 0.245 e. The Hall–Kier alpha value is -0.570. The summed E-state index contributed by atoms with van der Waals surface area (Å²) in [5.41, 5.74) is 0. The van der Waals surface area contributed by atoms with Crippen LogP contribution in [0.1, 0.15) is 13.8 Å². The summed E-state index contributed by atoms with van der Waals surface area (Å²) in [5.74, 6) is 0.280. The van der Waals surface area contributed by atoms with Gasteiger partial charge in [-0.15, -0.1) is 0 Å². The van der Waals surface area contributed by atoms with Crippen molar-refractivity contribution in [3.05, 3.63) is 0 Å². The van der Waals surface area contributed by atoms with Gasteiger partial charge in [0, 0.05) is 12.6 Å². The van der Waals surface area contributed by atoms with E-state index in [1.807, 2.05) is 18.9 Å². The second kappa shape index (κ2) is 2.58. The maximum absolute atomic E-state index is 10.8. The van der Waals surface area contributed by atoms with Gasteiger partial charge in [0.2, 0.25) is 5.91 Å². The smallest absolute Gasteiger partial charge is 0.245 e. The summed E-state index contributed by atoms with van der Waals surface area (Å²) in [5, 5.41) is 3.08. The fraction of sp³-hybridized carbons (Fsp3) is 0.857. The Kier molecular flexibility index (Phi) is 1.94. The predicted molar refractivity (Wildman–Crippen MR) is 39.7 cm³/mol. The van der Waals surface area contributed by atoms with Crippen molar-refractivity contribution in [3.63, 3.8) is 0 Å².